The van der Waals surface area contributed by atoms with Gasteiger partial charge >= 0.3 is 0 Å². The van der Waals surface area contributed by atoms with Crippen molar-refractivity contribution in [2.24, 2.45) is 5.92 Å². The summed E-state index contributed by atoms with van der Waals surface area (Å²) in [5.74, 6) is 1.55. The number of carbonyl (C=O) groups excluding carboxylic acids is 1. The molecule has 5 nitrogen and oxygen atoms in total. The summed E-state index contributed by atoms with van der Waals surface area (Å²) in [6, 6.07) is 5.75. The van der Waals surface area contributed by atoms with Crippen LogP contribution in [0.25, 0.3) is 0 Å². The lowest BCUT2D eigenvalue weighted by Crippen LogP contribution is -2.38. The predicted octanol–water partition coefficient (Wildman–Crippen LogP) is 1.93. The molecule has 22 heavy (non-hydrogen) atoms. The molecule has 0 radical (unpaired) electrons. The minimum Gasteiger partial charge on any atom is -0.497 e. The van der Waals surface area contributed by atoms with Crippen LogP contribution in [0.5, 0.6) is 11.5 Å². The van der Waals surface area contributed by atoms with Crippen LogP contribution in [0.4, 0.5) is 0 Å². The van der Waals surface area contributed by atoms with Crippen LogP contribution in [0.1, 0.15) is 24.8 Å². The Labute approximate surface area is 130 Å². The maximum absolute atomic E-state index is 12.2. The lowest BCUT2D eigenvalue weighted by atomic mass is 9.96. The summed E-state index contributed by atoms with van der Waals surface area (Å²) in [5.41, 5.74) is 1.06. The fourth-order valence-corrected chi connectivity index (χ4v) is 3.02. The molecule has 3 rings (SSSR count). The third-order valence-electron chi connectivity index (χ3n) is 4.34. The number of rotatable bonds is 5. The fourth-order valence-electron chi connectivity index (χ4n) is 3.02. The minimum atomic E-state index is -0.120. The molecule has 0 aromatic heterocycles. The summed E-state index contributed by atoms with van der Waals surface area (Å²) in [6.07, 6.45) is 4.17. The predicted molar refractivity (Wildman–Crippen MR) is 82.3 cm³/mol. The zero-order chi connectivity index (χ0) is 15.4. The normalized spacial score (nSPS) is 23.5. The van der Waals surface area contributed by atoms with Gasteiger partial charge in [-0.1, -0.05) is 6.07 Å². The highest BCUT2D eigenvalue weighted by Crippen LogP contribution is 2.31. The molecule has 2 aliphatic rings. The summed E-state index contributed by atoms with van der Waals surface area (Å²) in [5, 5.41) is 3.01. The van der Waals surface area contributed by atoms with Crippen LogP contribution < -0.4 is 14.8 Å². The van der Waals surface area contributed by atoms with Gasteiger partial charge in [0.25, 0.3) is 0 Å². The highest BCUT2D eigenvalue weighted by molar-refractivity contribution is 5.79. The van der Waals surface area contributed by atoms with Gasteiger partial charge in [-0.3, -0.25) is 4.79 Å². The van der Waals surface area contributed by atoms with Gasteiger partial charge in [-0.15, -0.1) is 0 Å². The second kappa shape index (κ2) is 7.01. The molecule has 120 valence electrons. The Morgan fingerprint density at radius 1 is 1.45 bits per heavy atom. The second-order valence-electron chi connectivity index (χ2n) is 5.90. The van der Waals surface area contributed by atoms with Crippen molar-refractivity contribution in [1.29, 1.82) is 0 Å². The Balaban J connectivity index is 1.49. The molecule has 2 atom stereocenters. The molecule has 0 aliphatic carbocycles. The monoisotopic (exact) mass is 305 g/mol. The molecule has 0 bridgehead atoms. The van der Waals surface area contributed by atoms with Crippen LogP contribution in [0.2, 0.25) is 0 Å². The van der Waals surface area contributed by atoms with Crippen molar-refractivity contribution < 1.29 is 19.0 Å². The molecule has 0 spiro atoms. The highest BCUT2D eigenvalue weighted by atomic mass is 16.5. The van der Waals surface area contributed by atoms with Gasteiger partial charge in [-0.05, 0) is 37.3 Å². The smallest absolute Gasteiger partial charge is 0.226 e. The van der Waals surface area contributed by atoms with E-state index in [1.165, 1.54) is 0 Å². The van der Waals surface area contributed by atoms with E-state index in [-0.39, 0.29) is 11.8 Å². The van der Waals surface area contributed by atoms with Crippen molar-refractivity contribution in [2.45, 2.75) is 31.8 Å². The van der Waals surface area contributed by atoms with Crippen LogP contribution in [0, 0.1) is 5.92 Å². The third kappa shape index (κ3) is 3.53. The number of amides is 1. The first-order valence-electron chi connectivity index (χ1n) is 7.95. The van der Waals surface area contributed by atoms with E-state index in [2.05, 4.69) is 5.32 Å². The van der Waals surface area contributed by atoms with E-state index < -0.39 is 0 Å². The second-order valence-corrected chi connectivity index (χ2v) is 5.90. The molecule has 1 aromatic rings. The average Bonchev–Trinajstić information content (AvgIpc) is 3.07. The van der Waals surface area contributed by atoms with E-state index in [1.54, 1.807) is 7.11 Å². The highest BCUT2D eigenvalue weighted by Gasteiger charge is 2.26. The van der Waals surface area contributed by atoms with E-state index in [9.17, 15) is 4.79 Å². The first-order chi connectivity index (χ1) is 10.8. The molecule has 5 heteroatoms. The van der Waals surface area contributed by atoms with Crippen LogP contribution >= 0.6 is 0 Å². The molecule has 1 aromatic carbocycles. The van der Waals surface area contributed by atoms with E-state index >= 15 is 0 Å². The van der Waals surface area contributed by atoms with E-state index in [0.29, 0.717) is 25.7 Å². The van der Waals surface area contributed by atoms with Gasteiger partial charge in [0.2, 0.25) is 5.91 Å². The Bertz CT molecular complexity index is 525. The lowest BCUT2D eigenvalue weighted by Gasteiger charge is -2.25. The quantitative estimate of drug-likeness (QED) is 0.903. The number of fused-ring (bicyclic) bond motifs is 1. The third-order valence-corrected chi connectivity index (χ3v) is 4.34. The number of benzene rings is 1. The molecule has 2 heterocycles. The van der Waals surface area contributed by atoms with Crippen molar-refractivity contribution in [3.8, 4) is 11.5 Å². The van der Waals surface area contributed by atoms with E-state index in [0.717, 1.165) is 42.9 Å². The Morgan fingerprint density at radius 2 is 2.36 bits per heavy atom. The number of carbonyl (C=O) groups is 1. The molecular formula is C17H23NO4. The molecule has 1 N–H and O–H groups in total. The average molecular weight is 305 g/mol. The first kappa shape index (κ1) is 15.2. The maximum Gasteiger partial charge on any atom is 0.226 e. The first-order valence-corrected chi connectivity index (χ1v) is 7.95. The van der Waals surface area contributed by atoms with Crippen LogP contribution in [-0.4, -0.2) is 38.9 Å². The number of nitrogens with one attached hydrogen (secondary N) is 1. The van der Waals surface area contributed by atoms with Gasteiger partial charge in [0.1, 0.15) is 18.1 Å². The molecule has 1 amide bonds. The van der Waals surface area contributed by atoms with Crippen molar-refractivity contribution >= 4 is 5.91 Å². The molecule has 1 fully saturated rings. The van der Waals surface area contributed by atoms with Gasteiger partial charge < -0.3 is 19.5 Å². The van der Waals surface area contributed by atoms with Gasteiger partial charge in [-0.25, -0.2) is 0 Å². The fraction of sp³-hybridized carbons (Fsp3) is 0.588. The summed E-state index contributed by atoms with van der Waals surface area (Å²) in [6.45, 7) is 1.96. The number of ether oxygens (including phenoxy) is 3. The van der Waals surface area contributed by atoms with E-state index in [4.69, 9.17) is 14.2 Å². The van der Waals surface area contributed by atoms with Gasteiger partial charge in [0.05, 0.1) is 19.1 Å². The summed E-state index contributed by atoms with van der Waals surface area (Å²) < 4.78 is 16.5. The Kier molecular flexibility index (Phi) is 4.83. The molecule has 0 unspecified atom stereocenters. The van der Waals surface area contributed by atoms with Crippen molar-refractivity contribution in [1.82, 2.24) is 5.32 Å². The largest absolute Gasteiger partial charge is 0.497 e. The standard InChI is InChI=1S/C17H23NO4/c1-20-15-5-4-12-9-13(11-22-16(12)10-15)17(19)18-7-6-14-3-2-8-21-14/h4-5,10,13-14H,2-3,6-9,11H2,1H3,(H,18,19)/t13-,14+/m0/s1. The molecule has 0 saturated carbocycles. The maximum atomic E-state index is 12.2. The van der Waals surface area contributed by atoms with Crippen LogP contribution in [0.3, 0.4) is 0 Å². The van der Waals surface area contributed by atoms with Crippen LogP contribution in [-0.2, 0) is 16.0 Å². The topological polar surface area (TPSA) is 56.8 Å². The van der Waals surface area contributed by atoms with Gasteiger partial charge in [0, 0.05) is 19.2 Å². The lowest BCUT2D eigenvalue weighted by molar-refractivity contribution is -0.126. The van der Waals surface area contributed by atoms with Crippen molar-refractivity contribution in [3.63, 3.8) is 0 Å². The molecule has 1 saturated heterocycles. The minimum absolute atomic E-state index is 0.0689. The molecular weight excluding hydrogens is 282 g/mol. The number of methoxy groups -OCH3 is 1. The van der Waals surface area contributed by atoms with Crippen LogP contribution in [0.15, 0.2) is 18.2 Å². The zero-order valence-corrected chi connectivity index (χ0v) is 13.0. The summed E-state index contributed by atoms with van der Waals surface area (Å²) >= 11 is 0. The Hall–Kier alpha value is -1.75. The summed E-state index contributed by atoms with van der Waals surface area (Å²) in [4.78, 5) is 12.2. The van der Waals surface area contributed by atoms with Crippen molar-refractivity contribution in [3.05, 3.63) is 23.8 Å². The number of hydrogen-bond acceptors (Lipinski definition) is 4. The van der Waals surface area contributed by atoms with Crippen molar-refractivity contribution in [2.75, 3.05) is 26.9 Å². The Morgan fingerprint density at radius 3 is 3.14 bits per heavy atom. The summed E-state index contributed by atoms with van der Waals surface area (Å²) in [7, 11) is 1.63. The molecule has 2 aliphatic heterocycles. The van der Waals surface area contributed by atoms with E-state index in [1.807, 2.05) is 18.2 Å². The SMILES string of the molecule is COc1ccc2c(c1)OC[C@@H](C(=O)NCC[C@H]1CCCO1)C2. The van der Waals surface area contributed by atoms with Gasteiger partial charge in [-0.2, -0.15) is 0 Å². The number of hydrogen-bond donors (Lipinski definition) is 1. The van der Waals surface area contributed by atoms with Gasteiger partial charge in [0.15, 0.2) is 0 Å². The zero-order valence-electron chi connectivity index (χ0n) is 13.0.